The maximum absolute atomic E-state index is 10.4. The maximum atomic E-state index is 10.4. The first kappa shape index (κ1) is 8.58. The number of nitrogens with zero attached hydrogens (tertiary/aromatic N) is 1. The second-order valence-corrected chi connectivity index (χ2v) is 2.48. The van der Waals surface area contributed by atoms with E-state index >= 15 is 0 Å². The van der Waals surface area contributed by atoms with Gasteiger partial charge in [-0.3, -0.25) is 4.79 Å². The minimum Gasteiger partial charge on any atom is -0.444 e. The van der Waals surface area contributed by atoms with Crippen molar-refractivity contribution in [3.05, 3.63) is 0 Å². The lowest BCUT2D eigenvalue weighted by molar-refractivity contribution is -0.117. The lowest BCUT2D eigenvalue weighted by Gasteiger charge is -1.92. The number of nitrogens with two attached hydrogens (primary N) is 1. The quantitative estimate of drug-likeness (QED) is 0.545. The van der Waals surface area contributed by atoms with Crippen molar-refractivity contribution in [1.29, 1.82) is 0 Å². The van der Waals surface area contributed by atoms with Crippen molar-refractivity contribution in [1.82, 2.24) is 0 Å². The van der Waals surface area contributed by atoms with Crippen molar-refractivity contribution in [2.45, 2.75) is 6.42 Å². The topological polar surface area (TPSA) is 72.5 Å². The standard InChI is InChI=1S/C4H9N2O2S/c1-9(8)6-4(7)2-3-5/h2-3,5H2,1H3/q-1. The maximum Gasteiger partial charge on any atom is 0.223 e. The van der Waals surface area contributed by atoms with Crippen LogP contribution in [0.5, 0.6) is 0 Å². The molecule has 0 radical (unpaired) electrons. The van der Waals surface area contributed by atoms with Crippen molar-refractivity contribution < 1.29 is 9.00 Å². The molecule has 1 amide bonds. The molecule has 2 N–H and O–H groups in total. The predicted octanol–water partition coefficient (Wildman–Crippen LogP) is -0.361. The van der Waals surface area contributed by atoms with Gasteiger partial charge in [-0.2, -0.15) is 10.6 Å². The van der Waals surface area contributed by atoms with E-state index in [1.54, 1.807) is 0 Å². The summed E-state index contributed by atoms with van der Waals surface area (Å²) in [5, 5.41) is 0. The Bertz CT molecular complexity index is 171. The third-order valence-electron chi connectivity index (χ3n) is 0.589. The molecular formula is C4H9N2O2S-. The van der Waals surface area contributed by atoms with Crippen molar-refractivity contribution in [3.8, 4) is 0 Å². The SMILES string of the molecule is C[S-](=O)=NC(=O)CCN. The summed E-state index contributed by atoms with van der Waals surface area (Å²) in [6.45, 7) is 0.263. The summed E-state index contributed by atoms with van der Waals surface area (Å²) >= 11 is 0. The zero-order chi connectivity index (χ0) is 7.28. The molecule has 54 valence electrons. The number of hydrogen-bond donors (Lipinski definition) is 1. The fraction of sp³-hybridized carbons (Fsp3) is 0.750. The Hall–Kier alpha value is -0.420. The van der Waals surface area contributed by atoms with E-state index in [1.807, 2.05) is 0 Å². The molecule has 9 heavy (non-hydrogen) atoms. The molecule has 4 nitrogen and oxygen atoms in total. The highest BCUT2D eigenvalue weighted by Crippen LogP contribution is 1.81. The lowest BCUT2D eigenvalue weighted by atomic mass is 10.4. The zero-order valence-corrected chi connectivity index (χ0v) is 5.98. The van der Waals surface area contributed by atoms with Gasteiger partial charge in [-0.15, -0.1) is 6.26 Å². The average Bonchev–Trinajstić information content (AvgIpc) is 1.63. The highest BCUT2D eigenvalue weighted by Gasteiger charge is 1.88. The molecule has 0 saturated heterocycles. The van der Waals surface area contributed by atoms with E-state index in [9.17, 15) is 9.00 Å². The first-order valence-corrected chi connectivity index (χ1v) is 3.96. The van der Waals surface area contributed by atoms with E-state index in [4.69, 9.17) is 5.73 Å². The normalized spacial score (nSPS) is 13.6. The van der Waals surface area contributed by atoms with Crippen molar-refractivity contribution in [2.24, 2.45) is 10.1 Å². The van der Waals surface area contributed by atoms with E-state index in [1.165, 1.54) is 6.26 Å². The molecule has 0 spiro atoms. The molecule has 0 aliphatic heterocycles. The Morgan fingerprint density at radius 3 is 2.67 bits per heavy atom. The van der Waals surface area contributed by atoms with Crippen LogP contribution in [-0.2, 0) is 19.6 Å². The smallest absolute Gasteiger partial charge is 0.223 e. The third kappa shape index (κ3) is 5.45. The fourth-order valence-corrected chi connectivity index (χ4v) is 0.691. The number of hydrogen-bond acceptors (Lipinski definition) is 4. The van der Waals surface area contributed by atoms with E-state index in [0.717, 1.165) is 0 Å². The van der Waals surface area contributed by atoms with Crippen molar-refractivity contribution in [2.75, 3.05) is 12.8 Å². The molecule has 5 heteroatoms. The Labute approximate surface area is 55.6 Å². The lowest BCUT2D eigenvalue weighted by Crippen LogP contribution is -2.05. The summed E-state index contributed by atoms with van der Waals surface area (Å²) in [5.41, 5.74) is 5.03. The molecule has 0 fully saturated rings. The molecule has 0 atom stereocenters. The second-order valence-electron chi connectivity index (χ2n) is 1.45. The Kier molecular flexibility index (Phi) is 4.25. The minimum absolute atomic E-state index is 0.180. The molecule has 0 aliphatic rings. The van der Waals surface area contributed by atoms with Gasteiger partial charge in [0.2, 0.25) is 5.91 Å². The van der Waals surface area contributed by atoms with Crippen LogP contribution in [0, 0.1) is 0 Å². The molecule has 0 rings (SSSR count). The van der Waals surface area contributed by atoms with Crippen LogP contribution in [0.3, 0.4) is 0 Å². The highest BCUT2D eigenvalue weighted by atomic mass is 32.2. The van der Waals surface area contributed by atoms with Crippen molar-refractivity contribution >= 4 is 16.5 Å². The van der Waals surface area contributed by atoms with E-state index in [0.29, 0.717) is 0 Å². The van der Waals surface area contributed by atoms with Crippen LogP contribution in [0.25, 0.3) is 0 Å². The monoisotopic (exact) mass is 149 g/mol. The van der Waals surface area contributed by atoms with E-state index in [2.05, 4.69) is 4.36 Å². The fourth-order valence-electron chi connectivity index (χ4n) is 0.313. The van der Waals surface area contributed by atoms with Gasteiger partial charge < -0.3 is 14.3 Å². The molecular weight excluding hydrogens is 140 g/mol. The molecule has 0 aliphatic carbocycles. The first-order valence-electron chi connectivity index (χ1n) is 2.45. The van der Waals surface area contributed by atoms with Gasteiger partial charge in [-0.1, -0.05) is 0 Å². The molecule has 0 aromatic rings. The largest absolute Gasteiger partial charge is 0.444 e. The molecule has 0 saturated carbocycles. The van der Waals surface area contributed by atoms with Crippen LogP contribution in [-0.4, -0.2) is 18.7 Å². The number of amides is 1. The first-order chi connectivity index (χ1) is 4.16. The number of carbonyl (C=O) groups excluding carboxylic acids is 1. The van der Waals surface area contributed by atoms with Crippen LogP contribution < -0.4 is 5.73 Å². The summed E-state index contributed by atoms with van der Waals surface area (Å²) in [4.78, 5) is 10.4. The van der Waals surface area contributed by atoms with Gasteiger partial charge in [0.1, 0.15) is 0 Å². The third-order valence-corrected chi connectivity index (χ3v) is 1.05. The highest BCUT2D eigenvalue weighted by molar-refractivity contribution is 7.74. The molecule has 0 unspecified atom stereocenters. The van der Waals surface area contributed by atoms with Crippen LogP contribution in [0.1, 0.15) is 6.42 Å². The average molecular weight is 149 g/mol. The van der Waals surface area contributed by atoms with Gasteiger partial charge in [0.25, 0.3) is 0 Å². The zero-order valence-electron chi connectivity index (χ0n) is 5.16. The van der Waals surface area contributed by atoms with Gasteiger partial charge >= 0.3 is 0 Å². The van der Waals surface area contributed by atoms with Crippen LogP contribution >= 0.6 is 0 Å². The van der Waals surface area contributed by atoms with E-state index < -0.39 is 16.5 Å². The van der Waals surface area contributed by atoms with Gasteiger partial charge in [0.05, 0.1) is 0 Å². The van der Waals surface area contributed by atoms with Crippen molar-refractivity contribution in [3.63, 3.8) is 0 Å². The minimum atomic E-state index is -1.38. The predicted molar refractivity (Wildman–Crippen MR) is 35.1 cm³/mol. The summed E-state index contributed by atoms with van der Waals surface area (Å²) in [5.74, 6) is -0.390. The van der Waals surface area contributed by atoms with Crippen LogP contribution in [0.2, 0.25) is 0 Å². The molecule has 0 heterocycles. The number of carbonyl (C=O) groups is 1. The Morgan fingerprint density at radius 1 is 1.78 bits per heavy atom. The number of rotatable bonds is 2. The Morgan fingerprint density at radius 2 is 2.33 bits per heavy atom. The van der Waals surface area contributed by atoms with E-state index in [-0.39, 0.29) is 13.0 Å². The van der Waals surface area contributed by atoms with Gasteiger partial charge in [0, 0.05) is 13.0 Å². The molecule has 0 bridgehead atoms. The summed E-state index contributed by atoms with van der Waals surface area (Å²) in [6.07, 6.45) is 1.52. The van der Waals surface area contributed by atoms with Gasteiger partial charge in [-0.25, -0.2) is 0 Å². The molecule has 0 aromatic heterocycles. The summed E-state index contributed by atoms with van der Waals surface area (Å²) in [6, 6.07) is 0. The van der Waals surface area contributed by atoms with Crippen LogP contribution in [0.4, 0.5) is 0 Å². The van der Waals surface area contributed by atoms with Gasteiger partial charge in [0.15, 0.2) is 0 Å². The Balaban J connectivity index is 3.78. The molecule has 0 aromatic carbocycles. The van der Waals surface area contributed by atoms with Gasteiger partial charge in [-0.05, 0) is 0 Å². The van der Waals surface area contributed by atoms with Crippen LogP contribution in [0.15, 0.2) is 4.36 Å². The summed E-state index contributed by atoms with van der Waals surface area (Å²) in [7, 11) is -1.38. The summed E-state index contributed by atoms with van der Waals surface area (Å²) < 4.78 is 13.4. The second kappa shape index (κ2) is 4.46.